The van der Waals surface area contributed by atoms with Gasteiger partial charge in [-0.3, -0.25) is 0 Å². The van der Waals surface area contributed by atoms with Crippen LogP contribution in [-0.2, 0) is 22.3 Å². The minimum atomic E-state index is -3.42. The topological polar surface area (TPSA) is 46.2 Å². The number of aryl methyl sites for hydroxylation is 1. The minimum absolute atomic E-state index is 0.0507. The standard InChI is InChI=1S/C15H15Cl2NO2S/c1-11-4-2-3-5-13(11)10-21(19,20)18-9-12-6-7-14(16)8-15(12)17/h2-8,18H,9-10H2,1H3. The van der Waals surface area contributed by atoms with E-state index in [1.54, 1.807) is 18.2 Å². The molecule has 0 aliphatic carbocycles. The second-order valence-corrected chi connectivity index (χ2v) is 7.39. The highest BCUT2D eigenvalue weighted by Gasteiger charge is 2.13. The van der Waals surface area contributed by atoms with E-state index in [1.165, 1.54) is 0 Å². The Morgan fingerprint density at radius 1 is 1.05 bits per heavy atom. The van der Waals surface area contributed by atoms with E-state index < -0.39 is 10.0 Å². The Hall–Kier alpha value is -1.07. The lowest BCUT2D eigenvalue weighted by Gasteiger charge is -2.10. The molecule has 112 valence electrons. The SMILES string of the molecule is Cc1ccccc1CS(=O)(=O)NCc1ccc(Cl)cc1Cl. The Bertz CT molecular complexity index is 745. The zero-order chi connectivity index (χ0) is 15.5. The van der Waals surface area contributed by atoms with Crippen LogP contribution in [0.4, 0.5) is 0 Å². The van der Waals surface area contributed by atoms with Gasteiger partial charge >= 0.3 is 0 Å². The van der Waals surface area contributed by atoms with Gasteiger partial charge in [0.15, 0.2) is 0 Å². The molecule has 0 heterocycles. The first kappa shape index (κ1) is 16.3. The predicted octanol–water partition coefficient (Wildman–Crippen LogP) is 3.92. The number of benzene rings is 2. The molecule has 0 amide bonds. The summed E-state index contributed by atoms with van der Waals surface area (Å²) in [6, 6.07) is 12.4. The van der Waals surface area contributed by atoms with Crippen LogP contribution in [0, 0.1) is 6.92 Å². The zero-order valence-corrected chi connectivity index (χ0v) is 13.8. The zero-order valence-electron chi connectivity index (χ0n) is 11.4. The molecule has 3 nitrogen and oxygen atoms in total. The van der Waals surface area contributed by atoms with Gasteiger partial charge in [0.2, 0.25) is 10.0 Å². The van der Waals surface area contributed by atoms with Gasteiger partial charge in [-0.25, -0.2) is 13.1 Å². The Balaban J connectivity index is 2.06. The van der Waals surface area contributed by atoms with Crippen molar-refractivity contribution < 1.29 is 8.42 Å². The van der Waals surface area contributed by atoms with Crippen molar-refractivity contribution >= 4 is 33.2 Å². The molecule has 1 N–H and O–H groups in total. The summed E-state index contributed by atoms with van der Waals surface area (Å²) in [7, 11) is -3.42. The first-order chi connectivity index (χ1) is 9.87. The molecule has 0 aromatic heterocycles. The molecule has 0 aliphatic rings. The maximum absolute atomic E-state index is 12.1. The van der Waals surface area contributed by atoms with Crippen molar-refractivity contribution in [1.82, 2.24) is 4.72 Å². The molecule has 0 unspecified atom stereocenters. The van der Waals surface area contributed by atoms with Gasteiger partial charge in [-0.1, -0.05) is 53.5 Å². The third-order valence-corrected chi connectivity index (χ3v) is 4.97. The summed E-state index contributed by atoms with van der Waals surface area (Å²) in [6.45, 7) is 2.03. The molecule has 0 saturated heterocycles. The average molecular weight is 344 g/mol. The first-order valence-electron chi connectivity index (χ1n) is 6.33. The van der Waals surface area contributed by atoms with E-state index in [1.807, 2.05) is 31.2 Å². The van der Waals surface area contributed by atoms with E-state index in [4.69, 9.17) is 23.2 Å². The fraction of sp³-hybridized carbons (Fsp3) is 0.200. The summed E-state index contributed by atoms with van der Waals surface area (Å²) in [5, 5.41) is 0.965. The van der Waals surface area contributed by atoms with Gasteiger partial charge in [0.05, 0.1) is 5.75 Å². The van der Waals surface area contributed by atoms with Gasteiger partial charge in [0.1, 0.15) is 0 Å². The van der Waals surface area contributed by atoms with E-state index in [9.17, 15) is 8.42 Å². The summed E-state index contributed by atoms with van der Waals surface area (Å²) in [6.07, 6.45) is 0. The van der Waals surface area contributed by atoms with E-state index in [0.717, 1.165) is 11.1 Å². The number of hydrogen-bond acceptors (Lipinski definition) is 2. The second-order valence-electron chi connectivity index (χ2n) is 4.74. The number of hydrogen-bond donors (Lipinski definition) is 1. The van der Waals surface area contributed by atoms with Gasteiger partial charge in [0.25, 0.3) is 0 Å². The first-order valence-corrected chi connectivity index (χ1v) is 8.74. The van der Waals surface area contributed by atoms with Crippen LogP contribution in [0.3, 0.4) is 0 Å². The van der Waals surface area contributed by atoms with Crippen LogP contribution in [0.25, 0.3) is 0 Å². The highest BCUT2D eigenvalue weighted by atomic mass is 35.5. The Kier molecular flexibility index (Phi) is 5.27. The molecule has 0 aliphatic heterocycles. The smallest absolute Gasteiger partial charge is 0.212 e. The quantitative estimate of drug-likeness (QED) is 0.894. The molecule has 0 fully saturated rings. The van der Waals surface area contributed by atoms with Crippen LogP contribution in [0.1, 0.15) is 16.7 Å². The molecular formula is C15H15Cl2NO2S. The van der Waals surface area contributed by atoms with Gasteiger partial charge in [0, 0.05) is 16.6 Å². The van der Waals surface area contributed by atoms with E-state index in [-0.39, 0.29) is 12.3 Å². The maximum Gasteiger partial charge on any atom is 0.216 e. The lowest BCUT2D eigenvalue weighted by Crippen LogP contribution is -2.25. The van der Waals surface area contributed by atoms with Crippen LogP contribution in [0.2, 0.25) is 10.0 Å². The normalized spacial score (nSPS) is 11.6. The van der Waals surface area contributed by atoms with Crippen molar-refractivity contribution in [3.63, 3.8) is 0 Å². The van der Waals surface area contributed by atoms with Crippen molar-refractivity contribution in [1.29, 1.82) is 0 Å². The van der Waals surface area contributed by atoms with Crippen LogP contribution in [-0.4, -0.2) is 8.42 Å². The summed E-state index contributed by atoms with van der Waals surface area (Å²) >= 11 is 11.8. The molecule has 2 aromatic rings. The van der Waals surface area contributed by atoms with Crippen molar-refractivity contribution in [2.45, 2.75) is 19.2 Å². The highest BCUT2D eigenvalue weighted by Crippen LogP contribution is 2.21. The van der Waals surface area contributed by atoms with Crippen LogP contribution >= 0.6 is 23.2 Å². The fourth-order valence-electron chi connectivity index (χ4n) is 1.88. The lowest BCUT2D eigenvalue weighted by molar-refractivity contribution is 0.580. The van der Waals surface area contributed by atoms with Crippen LogP contribution in [0.15, 0.2) is 42.5 Å². The van der Waals surface area contributed by atoms with Crippen molar-refractivity contribution in [3.05, 3.63) is 69.2 Å². The predicted molar refractivity (Wildman–Crippen MR) is 87.1 cm³/mol. The summed E-state index contributed by atoms with van der Waals surface area (Å²) in [5.41, 5.74) is 2.43. The van der Waals surface area contributed by atoms with Gasteiger partial charge in [-0.05, 0) is 35.7 Å². The molecule has 0 radical (unpaired) electrons. The van der Waals surface area contributed by atoms with Crippen molar-refractivity contribution in [2.24, 2.45) is 0 Å². The van der Waals surface area contributed by atoms with Crippen LogP contribution < -0.4 is 4.72 Å². The van der Waals surface area contributed by atoms with Gasteiger partial charge < -0.3 is 0 Å². The molecule has 2 rings (SSSR count). The van der Waals surface area contributed by atoms with Crippen molar-refractivity contribution in [2.75, 3.05) is 0 Å². The summed E-state index contributed by atoms with van der Waals surface area (Å²) in [5.74, 6) is -0.0507. The number of rotatable bonds is 5. The highest BCUT2D eigenvalue weighted by molar-refractivity contribution is 7.88. The summed E-state index contributed by atoms with van der Waals surface area (Å²) in [4.78, 5) is 0. The average Bonchev–Trinajstić information content (AvgIpc) is 2.40. The van der Waals surface area contributed by atoms with Gasteiger partial charge in [-0.15, -0.1) is 0 Å². The Labute approximate surface area is 135 Å². The Morgan fingerprint density at radius 3 is 2.43 bits per heavy atom. The van der Waals surface area contributed by atoms with Crippen molar-refractivity contribution in [3.8, 4) is 0 Å². The van der Waals surface area contributed by atoms with E-state index in [0.29, 0.717) is 15.6 Å². The second kappa shape index (κ2) is 6.79. The Morgan fingerprint density at radius 2 is 1.76 bits per heavy atom. The fourth-order valence-corrected chi connectivity index (χ4v) is 3.57. The molecule has 0 bridgehead atoms. The van der Waals surface area contributed by atoms with E-state index >= 15 is 0 Å². The van der Waals surface area contributed by atoms with E-state index in [2.05, 4.69) is 4.72 Å². The third kappa shape index (κ3) is 4.71. The molecule has 2 aromatic carbocycles. The third-order valence-electron chi connectivity index (χ3n) is 3.10. The molecular weight excluding hydrogens is 329 g/mol. The monoisotopic (exact) mass is 343 g/mol. The summed E-state index contributed by atoms with van der Waals surface area (Å²) < 4.78 is 26.8. The largest absolute Gasteiger partial charge is 0.216 e. The van der Waals surface area contributed by atoms with Crippen LogP contribution in [0.5, 0.6) is 0 Å². The number of nitrogens with one attached hydrogen (secondary N) is 1. The molecule has 6 heteroatoms. The molecule has 0 atom stereocenters. The van der Waals surface area contributed by atoms with Gasteiger partial charge in [-0.2, -0.15) is 0 Å². The number of halogens is 2. The molecule has 0 spiro atoms. The molecule has 21 heavy (non-hydrogen) atoms. The number of sulfonamides is 1. The lowest BCUT2D eigenvalue weighted by atomic mass is 10.1. The molecule has 0 saturated carbocycles. The minimum Gasteiger partial charge on any atom is -0.212 e. The maximum atomic E-state index is 12.1.